The van der Waals surface area contributed by atoms with Crippen LogP contribution in [0.5, 0.6) is 0 Å². The van der Waals surface area contributed by atoms with E-state index in [9.17, 15) is 9.59 Å². The summed E-state index contributed by atoms with van der Waals surface area (Å²) >= 11 is 5.93. The van der Waals surface area contributed by atoms with Crippen LogP contribution >= 0.6 is 11.6 Å². The van der Waals surface area contributed by atoms with E-state index in [1.165, 1.54) is 4.90 Å². The molecular weight excluding hydrogens is 240 g/mol. The highest BCUT2D eigenvalue weighted by Gasteiger charge is 2.36. The molecule has 0 fully saturated rings. The van der Waals surface area contributed by atoms with Crippen molar-refractivity contribution in [3.63, 3.8) is 0 Å². The van der Waals surface area contributed by atoms with Crippen LogP contribution in [0.15, 0.2) is 18.2 Å². The van der Waals surface area contributed by atoms with Crippen LogP contribution in [-0.2, 0) is 0 Å². The van der Waals surface area contributed by atoms with Crippen LogP contribution in [0.1, 0.15) is 34.1 Å². The monoisotopic (exact) mass is 252 g/mol. The highest BCUT2D eigenvalue weighted by atomic mass is 35.5. The summed E-state index contributed by atoms with van der Waals surface area (Å²) < 4.78 is 0. The van der Waals surface area contributed by atoms with Crippen molar-refractivity contribution in [2.45, 2.75) is 19.4 Å². The lowest BCUT2D eigenvalue weighted by atomic mass is 10.1. The molecule has 90 valence electrons. The summed E-state index contributed by atoms with van der Waals surface area (Å²) in [6, 6.07) is 4.85. The zero-order valence-electron chi connectivity index (χ0n) is 9.44. The molecule has 1 atom stereocenters. The fraction of sp³-hybridized carbons (Fsp3) is 0.333. The Morgan fingerprint density at radius 2 is 2.06 bits per heavy atom. The van der Waals surface area contributed by atoms with Crippen LogP contribution in [0.3, 0.4) is 0 Å². The summed E-state index contributed by atoms with van der Waals surface area (Å²) in [6.07, 6.45) is 0.586. The Kier molecular flexibility index (Phi) is 3.17. The maximum absolute atomic E-state index is 12.0. The Balaban J connectivity index is 2.30. The number of imide groups is 1. The minimum absolute atomic E-state index is 0.0465. The van der Waals surface area contributed by atoms with Gasteiger partial charge in [0.05, 0.1) is 16.1 Å². The fourth-order valence-electron chi connectivity index (χ4n) is 1.83. The Morgan fingerprint density at radius 3 is 2.65 bits per heavy atom. The van der Waals surface area contributed by atoms with Gasteiger partial charge in [-0.15, -0.1) is 0 Å². The fourth-order valence-corrected chi connectivity index (χ4v) is 2.08. The first-order chi connectivity index (χ1) is 8.02. The van der Waals surface area contributed by atoms with E-state index < -0.39 is 0 Å². The van der Waals surface area contributed by atoms with Crippen molar-refractivity contribution in [2.75, 3.05) is 6.54 Å². The van der Waals surface area contributed by atoms with Crippen LogP contribution in [0.2, 0.25) is 5.02 Å². The molecule has 0 aromatic heterocycles. The molecule has 2 amide bonds. The first kappa shape index (κ1) is 12.1. The van der Waals surface area contributed by atoms with Crippen LogP contribution < -0.4 is 5.73 Å². The van der Waals surface area contributed by atoms with Gasteiger partial charge in [0.25, 0.3) is 11.8 Å². The third-order valence-corrected chi connectivity index (χ3v) is 3.07. The number of benzene rings is 1. The molecular formula is C12H13ClN2O2. The lowest BCUT2D eigenvalue weighted by molar-refractivity contribution is 0.0651. The summed E-state index contributed by atoms with van der Waals surface area (Å²) in [5, 5.41) is 0.323. The first-order valence-electron chi connectivity index (χ1n) is 5.42. The van der Waals surface area contributed by atoms with Gasteiger partial charge in [-0.3, -0.25) is 14.5 Å². The topological polar surface area (TPSA) is 63.4 Å². The van der Waals surface area contributed by atoms with Gasteiger partial charge in [0.15, 0.2) is 0 Å². The molecule has 0 spiro atoms. The highest BCUT2D eigenvalue weighted by molar-refractivity contribution is 6.37. The maximum Gasteiger partial charge on any atom is 0.263 e. The third kappa shape index (κ3) is 2.06. The average molecular weight is 253 g/mol. The zero-order chi connectivity index (χ0) is 12.6. The number of rotatable bonds is 3. The molecule has 2 rings (SSSR count). The summed E-state index contributed by atoms with van der Waals surface area (Å²) in [4.78, 5) is 25.2. The van der Waals surface area contributed by atoms with Gasteiger partial charge in [-0.2, -0.15) is 0 Å². The van der Waals surface area contributed by atoms with Crippen LogP contribution in [0.4, 0.5) is 0 Å². The minimum Gasteiger partial charge on any atom is -0.328 e. The third-order valence-electron chi connectivity index (χ3n) is 2.76. The maximum atomic E-state index is 12.0. The molecule has 0 radical (unpaired) electrons. The van der Waals surface area contributed by atoms with Gasteiger partial charge in [0.1, 0.15) is 0 Å². The molecule has 1 aromatic carbocycles. The summed E-state index contributed by atoms with van der Waals surface area (Å²) in [5.41, 5.74) is 6.31. The van der Waals surface area contributed by atoms with Gasteiger partial charge in [0.2, 0.25) is 0 Å². The number of nitrogens with zero attached hydrogens (tertiary/aromatic N) is 1. The minimum atomic E-state index is -0.323. The Hall–Kier alpha value is -1.39. The van der Waals surface area contributed by atoms with Crippen molar-refractivity contribution in [2.24, 2.45) is 5.73 Å². The lowest BCUT2D eigenvalue weighted by Gasteiger charge is -2.14. The van der Waals surface area contributed by atoms with Crippen LogP contribution in [0, 0.1) is 0 Å². The van der Waals surface area contributed by atoms with E-state index in [4.69, 9.17) is 17.3 Å². The molecule has 1 aliphatic rings. The number of amides is 2. The van der Waals surface area contributed by atoms with Crippen LogP contribution in [-0.4, -0.2) is 29.3 Å². The van der Waals surface area contributed by atoms with Gasteiger partial charge in [-0.1, -0.05) is 17.7 Å². The standard InChI is InChI=1S/C12H13ClN2O2/c1-7(14)5-6-15-11(16)8-3-2-4-9(13)10(8)12(15)17/h2-4,7H,5-6,14H2,1H3. The molecule has 1 aromatic rings. The van der Waals surface area contributed by atoms with Crippen molar-refractivity contribution in [1.29, 1.82) is 0 Å². The van der Waals surface area contributed by atoms with Gasteiger partial charge in [0, 0.05) is 12.6 Å². The van der Waals surface area contributed by atoms with Crippen molar-refractivity contribution in [1.82, 2.24) is 4.90 Å². The molecule has 2 N–H and O–H groups in total. The number of hydrogen-bond acceptors (Lipinski definition) is 3. The normalized spacial score (nSPS) is 16.3. The lowest BCUT2D eigenvalue weighted by Crippen LogP contribution is -2.33. The zero-order valence-corrected chi connectivity index (χ0v) is 10.2. The van der Waals surface area contributed by atoms with Gasteiger partial charge in [-0.25, -0.2) is 0 Å². The van der Waals surface area contributed by atoms with E-state index >= 15 is 0 Å². The van der Waals surface area contributed by atoms with Crippen molar-refractivity contribution in [3.05, 3.63) is 34.3 Å². The van der Waals surface area contributed by atoms with E-state index in [-0.39, 0.29) is 17.9 Å². The Labute approximate surface area is 104 Å². The van der Waals surface area contributed by atoms with E-state index in [0.717, 1.165) is 0 Å². The molecule has 0 bridgehead atoms. The molecule has 0 aliphatic carbocycles. The summed E-state index contributed by atoms with van der Waals surface area (Å²) in [7, 11) is 0. The molecule has 0 saturated heterocycles. The predicted octanol–water partition coefficient (Wildman–Crippen LogP) is 1.67. The molecule has 4 nitrogen and oxygen atoms in total. The van der Waals surface area contributed by atoms with Gasteiger partial charge in [-0.05, 0) is 25.5 Å². The van der Waals surface area contributed by atoms with Crippen molar-refractivity contribution in [3.8, 4) is 0 Å². The number of carbonyl (C=O) groups excluding carboxylic acids is 2. The Bertz CT molecular complexity index is 485. The predicted molar refractivity (Wildman–Crippen MR) is 65.1 cm³/mol. The SMILES string of the molecule is CC(N)CCN1C(=O)c2cccc(Cl)c2C1=O. The second-order valence-electron chi connectivity index (χ2n) is 4.19. The Morgan fingerprint density at radius 1 is 1.35 bits per heavy atom. The molecule has 17 heavy (non-hydrogen) atoms. The largest absolute Gasteiger partial charge is 0.328 e. The van der Waals surface area contributed by atoms with Gasteiger partial charge < -0.3 is 5.73 Å². The van der Waals surface area contributed by atoms with Crippen LogP contribution in [0.25, 0.3) is 0 Å². The molecule has 1 aliphatic heterocycles. The molecule has 1 heterocycles. The van der Waals surface area contributed by atoms with Crippen molar-refractivity contribution >= 4 is 23.4 Å². The van der Waals surface area contributed by atoms with E-state index in [1.54, 1.807) is 18.2 Å². The van der Waals surface area contributed by atoms with Crippen molar-refractivity contribution < 1.29 is 9.59 Å². The second-order valence-corrected chi connectivity index (χ2v) is 4.60. The number of hydrogen-bond donors (Lipinski definition) is 1. The molecule has 1 unspecified atom stereocenters. The smallest absolute Gasteiger partial charge is 0.263 e. The number of nitrogens with two attached hydrogens (primary N) is 1. The number of fused-ring (bicyclic) bond motifs is 1. The molecule has 0 saturated carbocycles. The number of halogens is 1. The summed E-state index contributed by atoms with van der Waals surface area (Å²) in [6.45, 7) is 2.17. The molecule has 5 heteroatoms. The summed E-state index contributed by atoms with van der Waals surface area (Å²) in [5.74, 6) is -0.607. The van der Waals surface area contributed by atoms with E-state index in [0.29, 0.717) is 29.1 Å². The quantitative estimate of drug-likeness (QED) is 0.833. The van der Waals surface area contributed by atoms with Gasteiger partial charge >= 0.3 is 0 Å². The second kappa shape index (κ2) is 4.47. The first-order valence-corrected chi connectivity index (χ1v) is 5.80. The average Bonchev–Trinajstić information content (AvgIpc) is 2.50. The van der Waals surface area contributed by atoms with E-state index in [2.05, 4.69) is 0 Å². The highest BCUT2D eigenvalue weighted by Crippen LogP contribution is 2.29. The number of carbonyl (C=O) groups is 2. The van der Waals surface area contributed by atoms with E-state index in [1.807, 2.05) is 6.92 Å².